The summed E-state index contributed by atoms with van der Waals surface area (Å²) in [5.41, 5.74) is 6.52. The molecular formula is C24H27NO. The van der Waals surface area contributed by atoms with E-state index >= 15 is 0 Å². The molecule has 3 aromatic carbocycles. The van der Waals surface area contributed by atoms with Crippen LogP contribution in [0.1, 0.15) is 29.2 Å². The van der Waals surface area contributed by atoms with Gasteiger partial charge < -0.3 is 9.64 Å². The SMILES string of the molecule is CCOc1ccc(N(Cc2ccccc2)Cc2cc(C)ccc2C)cc1. The van der Waals surface area contributed by atoms with Crippen molar-refractivity contribution < 1.29 is 4.74 Å². The molecule has 0 saturated heterocycles. The molecule has 0 aromatic heterocycles. The Balaban J connectivity index is 1.89. The van der Waals surface area contributed by atoms with Gasteiger partial charge in [-0.3, -0.25) is 0 Å². The van der Waals surface area contributed by atoms with Gasteiger partial charge in [0.25, 0.3) is 0 Å². The van der Waals surface area contributed by atoms with Gasteiger partial charge in [0.15, 0.2) is 0 Å². The molecule has 0 aliphatic heterocycles. The Morgan fingerprint density at radius 3 is 2.23 bits per heavy atom. The highest BCUT2D eigenvalue weighted by atomic mass is 16.5. The van der Waals surface area contributed by atoms with E-state index in [0.717, 1.165) is 18.8 Å². The lowest BCUT2D eigenvalue weighted by molar-refractivity contribution is 0.340. The number of nitrogens with zero attached hydrogens (tertiary/aromatic N) is 1. The van der Waals surface area contributed by atoms with Crippen LogP contribution < -0.4 is 9.64 Å². The molecule has 0 saturated carbocycles. The molecule has 0 bridgehead atoms. The van der Waals surface area contributed by atoms with E-state index in [9.17, 15) is 0 Å². The van der Waals surface area contributed by atoms with E-state index in [2.05, 4.69) is 91.5 Å². The summed E-state index contributed by atoms with van der Waals surface area (Å²) < 4.78 is 5.59. The van der Waals surface area contributed by atoms with Gasteiger partial charge in [0.2, 0.25) is 0 Å². The molecular weight excluding hydrogens is 318 g/mol. The number of aryl methyl sites for hydroxylation is 2. The zero-order valence-electron chi connectivity index (χ0n) is 15.9. The second kappa shape index (κ2) is 8.57. The molecule has 26 heavy (non-hydrogen) atoms. The third kappa shape index (κ3) is 4.66. The van der Waals surface area contributed by atoms with Crippen molar-refractivity contribution in [2.24, 2.45) is 0 Å². The largest absolute Gasteiger partial charge is 0.494 e. The molecule has 0 N–H and O–H groups in total. The van der Waals surface area contributed by atoms with E-state index in [1.165, 1.54) is 27.9 Å². The van der Waals surface area contributed by atoms with Gasteiger partial charge in [-0.2, -0.15) is 0 Å². The molecule has 0 unspecified atom stereocenters. The fraction of sp³-hybridized carbons (Fsp3) is 0.250. The van der Waals surface area contributed by atoms with Crippen molar-refractivity contribution in [2.75, 3.05) is 11.5 Å². The lowest BCUT2D eigenvalue weighted by Crippen LogP contribution is -2.22. The van der Waals surface area contributed by atoms with Gasteiger partial charge in [0.05, 0.1) is 6.61 Å². The van der Waals surface area contributed by atoms with Gasteiger partial charge >= 0.3 is 0 Å². The van der Waals surface area contributed by atoms with Crippen LogP contribution in [0.2, 0.25) is 0 Å². The van der Waals surface area contributed by atoms with Gasteiger partial charge in [-0.1, -0.05) is 54.1 Å². The van der Waals surface area contributed by atoms with Crippen LogP contribution in [0.4, 0.5) is 5.69 Å². The predicted octanol–water partition coefficient (Wildman–Crippen LogP) is 5.91. The van der Waals surface area contributed by atoms with Crippen LogP contribution in [0.5, 0.6) is 5.75 Å². The quantitative estimate of drug-likeness (QED) is 0.528. The molecule has 0 aliphatic carbocycles. The Morgan fingerprint density at radius 1 is 0.808 bits per heavy atom. The van der Waals surface area contributed by atoms with Crippen LogP contribution in [-0.2, 0) is 13.1 Å². The lowest BCUT2D eigenvalue weighted by atomic mass is 10.0. The average molecular weight is 345 g/mol. The molecule has 0 spiro atoms. The lowest BCUT2D eigenvalue weighted by Gasteiger charge is -2.26. The van der Waals surface area contributed by atoms with Crippen LogP contribution in [0.3, 0.4) is 0 Å². The van der Waals surface area contributed by atoms with E-state index in [1.54, 1.807) is 0 Å². The minimum absolute atomic E-state index is 0.690. The van der Waals surface area contributed by atoms with Gasteiger partial charge in [-0.05, 0) is 61.7 Å². The minimum Gasteiger partial charge on any atom is -0.494 e. The molecule has 3 rings (SSSR count). The molecule has 0 atom stereocenters. The minimum atomic E-state index is 0.690. The predicted molar refractivity (Wildman–Crippen MR) is 110 cm³/mol. The Hall–Kier alpha value is -2.74. The first-order valence-electron chi connectivity index (χ1n) is 9.23. The summed E-state index contributed by atoms with van der Waals surface area (Å²) in [6.07, 6.45) is 0. The summed E-state index contributed by atoms with van der Waals surface area (Å²) in [6.45, 7) is 8.80. The van der Waals surface area contributed by atoms with Gasteiger partial charge in [-0.25, -0.2) is 0 Å². The van der Waals surface area contributed by atoms with E-state index in [-0.39, 0.29) is 0 Å². The molecule has 2 nitrogen and oxygen atoms in total. The highest BCUT2D eigenvalue weighted by Crippen LogP contribution is 2.24. The fourth-order valence-electron chi connectivity index (χ4n) is 3.14. The Labute approximate surface area is 157 Å². The van der Waals surface area contributed by atoms with Crippen molar-refractivity contribution in [1.29, 1.82) is 0 Å². The summed E-state index contributed by atoms with van der Waals surface area (Å²) in [7, 11) is 0. The molecule has 0 heterocycles. The molecule has 0 amide bonds. The molecule has 3 aromatic rings. The Bertz CT molecular complexity index is 825. The monoisotopic (exact) mass is 345 g/mol. The zero-order valence-corrected chi connectivity index (χ0v) is 15.9. The third-order valence-electron chi connectivity index (χ3n) is 4.59. The summed E-state index contributed by atoms with van der Waals surface area (Å²) in [5, 5.41) is 0. The normalized spacial score (nSPS) is 10.6. The molecule has 0 aliphatic rings. The van der Waals surface area contributed by atoms with Gasteiger partial charge in [0.1, 0.15) is 5.75 Å². The number of hydrogen-bond acceptors (Lipinski definition) is 2. The molecule has 134 valence electrons. The van der Waals surface area contributed by atoms with E-state index in [0.29, 0.717) is 6.61 Å². The smallest absolute Gasteiger partial charge is 0.119 e. The third-order valence-corrected chi connectivity index (χ3v) is 4.59. The maximum atomic E-state index is 5.59. The maximum Gasteiger partial charge on any atom is 0.119 e. The summed E-state index contributed by atoms with van der Waals surface area (Å²) in [5.74, 6) is 0.919. The number of ether oxygens (including phenoxy) is 1. The first kappa shape index (κ1) is 18.1. The topological polar surface area (TPSA) is 12.5 Å². The summed E-state index contributed by atoms with van der Waals surface area (Å²) >= 11 is 0. The highest BCUT2D eigenvalue weighted by Gasteiger charge is 2.11. The number of rotatable bonds is 7. The van der Waals surface area contributed by atoms with Crippen LogP contribution in [0.15, 0.2) is 72.8 Å². The van der Waals surface area contributed by atoms with E-state index < -0.39 is 0 Å². The first-order valence-corrected chi connectivity index (χ1v) is 9.23. The number of benzene rings is 3. The fourth-order valence-corrected chi connectivity index (χ4v) is 3.14. The van der Waals surface area contributed by atoms with Crippen LogP contribution in [0, 0.1) is 13.8 Å². The molecule has 2 heteroatoms. The van der Waals surface area contributed by atoms with Crippen LogP contribution in [0.25, 0.3) is 0 Å². The van der Waals surface area contributed by atoms with Gasteiger partial charge in [-0.15, -0.1) is 0 Å². The van der Waals surface area contributed by atoms with Crippen molar-refractivity contribution in [3.63, 3.8) is 0 Å². The molecule has 0 fully saturated rings. The summed E-state index contributed by atoms with van der Waals surface area (Å²) in [4.78, 5) is 2.42. The number of hydrogen-bond donors (Lipinski definition) is 0. The van der Waals surface area contributed by atoms with Gasteiger partial charge in [0, 0.05) is 18.8 Å². The maximum absolute atomic E-state index is 5.59. The highest BCUT2D eigenvalue weighted by molar-refractivity contribution is 5.50. The molecule has 0 radical (unpaired) electrons. The Kier molecular flexibility index (Phi) is 5.96. The zero-order chi connectivity index (χ0) is 18.4. The van der Waals surface area contributed by atoms with E-state index in [4.69, 9.17) is 4.74 Å². The van der Waals surface area contributed by atoms with Crippen LogP contribution in [-0.4, -0.2) is 6.61 Å². The summed E-state index contributed by atoms with van der Waals surface area (Å²) in [6, 6.07) is 25.7. The van der Waals surface area contributed by atoms with Crippen molar-refractivity contribution in [3.8, 4) is 5.75 Å². The van der Waals surface area contributed by atoms with Crippen molar-refractivity contribution in [1.82, 2.24) is 0 Å². The van der Waals surface area contributed by atoms with Crippen molar-refractivity contribution in [3.05, 3.63) is 95.1 Å². The second-order valence-corrected chi connectivity index (χ2v) is 6.70. The first-order chi connectivity index (χ1) is 12.7. The van der Waals surface area contributed by atoms with Crippen LogP contribution >= 0.6 is 0 Å². The van der Waals surface area contributed by atoms with Crippen molar-refractivity contribution in [2.45, 2.75) is 33.9 Å². The van der Waals surface area contributed by atoms with E-state index in [1.807, 2.05) is 6.92 Å². The average Bonchev–Trinajstić information content (AvgIpc) is 2.66. The Morgan fingerprint density at radius 2 is 1.54 bits per heavy atom. The number of anilines is 1. The van der Waals surface area contributed by atoms with Crippen molar-refractivity contribution >= 4 is 5.69 Å². The standard InChI is InChI=1S/C24H27NO/c1-4-26-24-14-12-23(13-15-24)25(17-21-8-6-5-7-9-21)18-22-16-19(2)10-11-20(22)3/h5-16H,4,17-18H2,1-3H3. The second-order valence-electron chi connectivity index (χ2n) is 6.70.